The summed E-state index contributed by atoms with van der Waals surface area (Å²) in [7, 11) is 1.92. The highest BCUT2D eigenvalue weighted by atomic mass is 16.5. The van der Waals surface area contributed by atoms with Crippen molar-refractivity contribution in [1.82, 2.24) is 14.7 Å². The first kappa shape index (κ1) is 20.6. The first-order valence-electron chi connectivity index (χ1n) is 11.0. The van der Waals surface area contributed by atoms with Crippen LogP contribution in [-0.4, -0.2) is 39.7 Å². The van der Waals surface area contributed by atoms with Gasteiger partial charge in [0.05, 0.1) is 24.8 Å². The lowest BCUT2D eigenvalue weighted by Gasteiger charge is -2.30. The number of nitrogens with zero attached hydrogens (tertiary/aromatic N) is 3. The normalized spacial score (nSPS) is 22.3. The van der Waals surface area contributed by atoms with Crippen LogP contribution in [0.3, 0.4) is 0 Å². The van der Waals surface area contributed by atoms with Crippen molar-refractivity contribution in [2.24, 2.45) is 24.8 Å². The van der Waals surface area contributed by atoms with Crippen molar-refractivity contribution >= 4 is 11.9 Å². The fourth-order valence-electron chi connectivity index (χ4n) is 4.58. The predicted octanol–water partition coefficient (Wildman–Crippen LogP) is 3.06. The van der Waals surface area contributed by atoms with Gasteiger partial charge in [0.25, 0.3) is 0 Å². The van der Waals surface area contributed by atoms with Crippen molar-refractivity contribution in [2.75, 3.05) is 13.2 Å². The fraction of sp³-hybridized carbons (Fsp3) is 0.542. The molecule has 1 aromatic heterocycles. The van der Waals surface area contributed by atoms with E-state index >= 15 is 0 Å². The summed E-state index contributed by atoms with van der Waals surface area (Å²) >= 11 is 0. The van der Waals surface area contributed by atoms with E-state index in [0.717, 1.165) is 37.1 Å². The second-order valence-corrected chi connectivity index (χ2v) is 8.68. The maximum Gasteiger partial charge on any atom is 0.309 e. The Morgan fingerprint density at radius 2 is 2.03 bits per heavy atom. The Hall–Kier alpha value is -2.63. The molecule has 6 nitrogen and oxygen atoms in total. The monoisotopic (exact) mass is 409 g/mol. The van der Waals surface area contributed by atoms with E-state index in [1.807, 2.05) is 42.6 Å². The molecule has 0 bridgehead atoms. The molecule has 1 amide bonds. The summed E-state index contributed by atoms with van der Waals surface area (Å²) < 4.78 is 7.01. The van der Waals surface area contributed by atoms with Gasteiger partial charge in [-0.25, -0.2) is 0 Å². The van der Waals surface area contributed by atoms with Gasteiger partial charge in [-0.3, -0.25) is 14.3 Å². The third-order valence-corrected chi connectivity index (χ3v) is 6.49. The molecule has 0 saturated heterocycles. The fourth-order valence-corrected chi connectivity index (χ4v) is 4.58. The summed E-state index contributed by atoms with van der Waals surface area (Å²) in [5.74, 6) is 0.161. The van der Waals surface area contributed by atoms with Crippen molar-refractivity contribution in [2.45, 2.75) is 46.1 Å². The molecule has 2 aromatic rings. The molecule has 160 valence electrons. The Labute approximate surface area is 178 Å². The van der Waals surface area contributed by atoms with Gasteiger partial charge in [-0.2, -0.15) is 5.10 Å². The summed E-state index contributed by atoms with van der Waals surface area (Å²) in [6.07, 6.45) is 3.41. The van der Waals surface area contributed by atoms with E-state index in [-0.39, 0.29) is 29.6 Å². The minimum absolute atomic E-state index is 0.00972. The Balaban J connectivity index is 1.48. The third-order valence-electron chi connectivity index (χ3n) is 6.49. The standard InChI is InChI=1S/C24H31N3O3/c1-4-30-24(29)22-13-20(22)14-27(15-21-11-16(2)26(3)25-21)23(28)19-10-9-17-7-5-6-8-18(17)12-19/h5-8,11,19-20,22H,4,9-10,12-15H2,1-3H3/t19-,20-,22+/m1/s1. The average molecular weight is 410 g/mol. The number of hydrogen-bond acceptors (Lipinski definition) is 4. The number of aryl methyl sites for hydroxylation is 3. The zero-order valence-corrected chi connectivity index (χ0v) is 18.1. The van der Waals surface area contributed by atoms with Crippen molar-refractivity contribution in [1.29, 1.82) is 0 Å². The first-order valence-corrected chi connectivity index (χ1v) is 11.0. The van der Waals surface area contributed by atoms with Crippen LogP contribution < -0.4 is 0 Å². The van der Waals surface area contributed by atoms with Gasteiger partial charge in [-0.15, -0.1) is 0 Å². The number of hydrogen-bond donors (Lipinski definition) is 0. The van der Waals surface area contributed by atoms with Crippen LogP contribution in [0.1, 0.15) is 42.3 Å². The predicted molar refractivity (Wildman–Crippen MR) is 114 cm³/mol. The van der Waals surface area contributed by atoms with E-state index in [4.69, 9.17) is 4.74 Å². The SMILES string of the molecule is CCOC(=O)[C@H]1C[C@@H]1CN(Cc1cc(C)n(C)n1)C(=O)[C@@H]1CCc2ccccc2C1. The van der Waals surface area contributed by atoms with Gasteiger partial charge >= 0.3 is 5.97 Å². The lowest BCUT2D eigenvalue weighted by Crippen LogP contribution is -2.39. The van der Waals surface area contributed by atoms with Crippen LogP contribution in [0.2, 0.25) is 0 Å². The van der Waals surface area contributed by atoms with Crippen molar-refractivity contribution in [3.05, 3.63) is 52.8 Å². The molecule has 1 heterocycles. The van der Waals surface area contributed by atoms with Crippen LogP contribution >= 0.6 is 0 Å². The number of carbonyl (C=O) groups excluding carboxylic acids is 2. The molecule has 1 aromatic carbocycles. The van der Waals surface area contributed by atoms with Crippen LogP contribution in [-0.2, 0) is 40.8 Å². The Kier molecular flexibility index (Phi) is 5.93. The maximum atomic E-state index is 13.5. The molecule has 1 saturated carbocycles. The number of amides is 1. The molecule has 0 aliphatic heterocycles. The van der Waals surface area contributed by atoms with Gasteiger partial charge in [-0.1, -0.05) is 24.3 Å². The molecular weight excluding hydrogens is 378 g/mol. The van der Waals surface area contributed by atoms with Gasteiger partial charge in [0.2, 0.25) is 5.91 Å². The van der Waals surface area contributed by atoms with Gasteiger partial charge in [-0.05, 0) is 62.6 Å². The van der Waals surface area contributed by atoms with E-state index in [2.05, 4.69) is 23.3 Å². The van der Waals surface area contributed by atoms with Gasteiger partial charge in [0, 0.05) is 25.2 Å². The van der Waals surface area contributed by atoms with Crippen LogP contribution in [0.15, 0.2) is 30.3 Å². The van der Waals surface area contributed by atoms with E-state index in [1.54, 1.807) is 0 Å². The van der Waals surface area contributed by atoms with Crippen molar-refractivity contribution in [3.8, 4) is 0 Å². The highest BCUT2D eigenvalue weighted by Crippen LogP contribution is 2.41. The second kappa shape index (κ2) is 8.62. The average Bonchev–Trinajstić information content (AvgIpc) is 3.44. The molecule has 4 rings (SSSR count). The van der Waals surface area contributed by atoms with Crippen LogP contribution in [0.4, 0.5) is 0 Å². The van der Waals surface area contributed by atoms with E-state index in [1.165, 1.54) is 11.1 Å². The summed E-state index contributed by atoms with van der Waals surface area (Å²) in [4.78, 5) is 27.6. The summed E-state index contributed by atoms with van der Waals surface area (Å²) in [5, 5.41) is 4.56. The van der Waals surface area contributed by atoms with Crippen molar-refractivity contribution < 1.29 is 14.3 Å². The molecule has 0 radical (unpaired) electrons. The minimum atomic E-state index is -0.129. The number of ether oxygens (including phenoxy) is 1. The molecule has 0 unspecified atom stereocenters. The largest absolute Gasteiger partial charge is 0.466 e. The molecule has 3 atom stereocenters. The van der Waals surface area contributed by atoms with Crippen LogP contribution in [0.25, 0.3) is 0 Å². The van der Waals surface area contributed by atoms with E-state index < -0.39 is 0 Å². The number of aromatic nitrogens is 2. The van der Waals surface area contributed by atoms with E-state index in [9.17, 15) is 9.59 Å². The number of benzene rings is 1. The van der Waals surface area contributed by atoms with Gasteiger partial charge < -0.3 is 9.64 Å². The molecule has 6 heteroatoms. The molecule has 2 aliphatic rings. The number of esters is 1. The number of rotatable bonds is 7. The Morgan fingerprint density at radius 1 is 1.27 bits per heavy atom. The first-order chi connectivity index (χ1) is 14.5. The molecule has 0 spiro atoms. The lowest BCUT2D eigenvalue weighted by atomic mass is 9.83. The highest BCUT2D eigenvalue weighted by Gasteiger charge is 2.46. The zero-order valence-electron chi connectivity index (χ0n) is 18.1. The summed E-state index contributed by atoms with van der Waals surface area (Å²) in [6.45, 7) is 5.33. The highest BCUT2D eigenvalue weighted by molar-refractivity contribution is 5.80. The smallest absolute Gasteiger partial charge is 0.309 e. The second-order valence-electron chi connectivity index (χ2n) is 8.68. The molecular formula is C24H31N3O3. The zero-order chi connectivity index (χ0) is 21.3. The quantitative estimate of drug-likeness (QED) is 0.660. The Bertz CT molecular complexity index is 916. The molecule has 1 fully saturated rings. The van der Waals surface area contributed by atoms with Gasteiger partial charge in [0.15, 0.2) is 0 Å². The molecule has 30 heavy (non-hydrogen) atoms. The Morgan fingerprint density at radius 3 is 2.73 bits per heavy atom. The van der Waals surface area contributed by atoms with E-state index in [0.29, 0.717) is 19.7 Å². The number of fused-ring (bicyclic) bond motifs is 1. The number of carbonyl (C=O) groups is 2. The molecule has 0 N–H and O–H groups in total. The van der Waals surface area contributed by atoms with Gasteiger partial charge in [0.1, 0.15) is 0 Å². The topological polar surface area (TPSA) is 64.4 Å². The molecule has 2 aliphatic carbocycles. The summed E-state index contributed by atoms with van der Waals surface area (Å²) in [6, 6.07) is 10.5. The van der Waals surface area contributed by atoms with Crippen LogP contribution in [0.5, 0.6) is 0 Å². The maximum absolute atomic E-state index is 13.5. The van der Waals surface area contributed by atoms with Crippen LogP contribution in [0, 0.1) is 24.7 Å². The third kappa shape index (κ3) is 4.42. The van der Waals surface area contributed by atoms with Crippen molar-refractivity contribution in [3.63, 3.8) is 0 Å². The lowest BCUT2D eigenvalue weighted by molar-refractivity contribution is -0.145. The minimum Gasteiger partial charge on any atom is -0.466 e. The summed E-state index contributed by atoms with van der Waals surface area (Å²) in [5.41, 5.74) is 4.61.